The van der Waals surface area contributed by atoms with E-state index in [4.69, 9.17) is 4.74 Å². The smallest absolute Gasteiger partial charge is 0.416 e. The van der Waals surface area contributed by atoms with E-state index in [2.05, 4.69) is 24.5 Å². The second-order valence-electron chi connectivity index (χ2n) is 7.72. The third-order valence-corrected chi connectivity index (χ3v) is 4.56. The topological polar surface area (TPSA) is 70.6 Å². The lowest BCUT2D eigenvalue weighted by Crippen LogP contribution is -2.31. The number of ether oxygens (including phenoxy) is 1. The molecular formula is C23H29F3N2O3. The number of nitrogens with one attached hydrogen (secondary N) is 2. The maximum atomic E-state index is 12.6. The Kier molecular flexibility index (Phi) is 9.33. The lowest BCUT2D eigenvalue weighted by atomic mass is 10.1. The van der Waals surface area contributed by atoms with E-state index >= 15 is 0 Å². The Bertz CT molecular complexity index is 824. The van der Waals surface area contributed by atoms with Crippen LogP contribution in [-0.2, 0) is 12.7 Å². The van der Waals surface area contributed by atoms with Crippen LogP contribution in [0.5, 0.6) is 5.75 Å². The molecule has 0 radical (unpaired) electrons. The maximum absolute atomic E-state index is 12.6. The van der Waals surface area contributed by atoms with Gasteiger partial charge in [-0.2, -0.15) is 13.2 Å². The minimum Gasteiger partial charge on any atom is -0.490 e. The zero-order valence-electron chi connectivity index (χ0n) is 17.7. The van der Waals surface area contributed by atoms with Gasteiger partial charge in [0.15, 0.2) is 0 Å². The minimum atomic E-state index is -4.36. The van der Waals surface area contributed by atoms with E-state index < -0.39 is 17.8 Å². The molecule has 1 atom stereocenters. The first-order valence-corrected chi connectivity index (χ1v) is 10.2. The van der Waals surface area contributed by atoms with E-state index in [1.165, 1.54) is 12.1 Å². The molecule has 0 aliphatic carbocycles. The predicted octanol–water partition coefficient (Wildman–Crippen LogP) is 4.01. The van der Waals surface area contributed by atoms with Crippen molar-refractivity contribution in [3.8, 4) is 5.75 Å². The van der Waals surface area contributed by atoms with Crippen molar-refractivity contribution in [2.75, 3.05) is 19.7 Å². The molecule has 0 fully saturated rings. The average molecular weight is 438 g/mol. The molecule has 8 heteroatoms. The highest BCUT2D eigenvalue weighted by Gasteiger charge is 2.29. The standard InChI is InChI=1S/C23H29F3N2O3/c1-16(2)11-12-28-22(30)20-5-3-4-6-21(20)31-15-19(29)14-27-13-17-7-9-18(10-8-17)23(24,25)26/h3-10,16,19,27,29H,11-15H2,1-2H3,(H,28,30). The Morgan fingerprint density at radius 1 is 1.10 bits per heavy atom. The summed E-state index contributed by atoms with van der Waals surface area (Å²) in [5.74, 6) is 0.634. The van der Waals surface area contributed by atoms with Gasteiger partial charge in [-0.3, -0.25) is 4.79 Å². The number of hydrogen-bond acceptors (Lipinski definition) is 4. The Labute approximate surface area is 180 Å². The quantitative estimate of drug-likeness (QED) is 0.496. The summed E-state index contributed by atoms with van der Waals surface area (Å²) in [6.07, 6.45) is -4.34. The summed E-state index contributed by atoms with van der Waals surface area (Å²) in [7, 11) is 0. The first-order chi connectivity index (χ1) is 14.7. The first-order valence-electron chi connectivity index (χ1n) is 10.2. The molecule has 0 saturated heterocycles. The zero-order chi connectivity index (χ0) is 22.9. The van der Waals surface area contributed by atoms with Gasteiger partial charge in [0.25, 0.3) is 5.91 Å². The van der Waals surface area contributed by atoms with Gasteiger partial charge < -0.3 is 20.5 Å². The molecular weight excluding hydrogens is 409 g/mol. The number of aliphatic hydroxyl groups is 1. The van der Waals surface area contributed by atoms with E-state index in [-0.39, 0.29) is 19.1 Å². The molecule has 170 valence electrons. The van der Waals surface area contributed by atoms with Crippen LogP contribution in [0.2, 0.25) is 0 Å². The minimum absolute atomic E-state index is 0.0314. The van der Waals surface area contributed by atoms with Crippen molar-refractivity contribution < 1.29 is 27.8 Å². The van der Waals surface area contributed by atoms with Crippen molar-refractivity contribution in [1.29, 1.82) is 0 Å². The summed E-state index contributed by atoms with van der Waals surface area (Å²) in [6, 6.07) is 11.7. The summed E-state index contributed by atoms with van der Waals surface area (Å²) in [4.78, 5) is 12.4. The normalized spacial score (nSPS) is 12.6. The molecule has 31 heavy (non-hydrogen) atoms. The van der Waals surface area contributed by atoms with Crippen LogP contribution in [-0.4, -0.2) is 36.8 Å². The Morgan fingerprint density at radius 2 is 1.77 bits per heavy atom. The molecule has 1 amide bonds. The molecule has 0 aromatic heterocycles. The second kappa shape index (κ2) is 11.7. The second-order valence-corrected chi connectivity index (χ2v) is 7.72. The molecule has 2 aromatic carbocycles. The fraction of sp³-hybridized carbons (Fsp3) is 0.435. The number of alkyl halides is 3. The number of rotatable bonds is 11. The summed E-state index contributed by atoms with van der Waals surface area (Å²) in [6.45, 7) is 5.19. The van der Waals surface area contributed by atoms with Crippen LogP contribution in [0.25, 0.3) is 0 Å². The summed E-state index contributed by atoms with van der Waals surface area (Å²) >= 11 is 0. The van der Waals surface area contributed by atoms with E-state index in [0.29, 0.717) is 35.9 Å². The maximum Gasteiger partial charge on any atom is 0.416 e. The molecule has 2 aromatic rings. The molecule has 0 saturated carbocycles. The SMILES string of the molecule is CC(C)CCNC(=O)c1ccccc1OCC(O)CNCc1ccc(C(F)(F)F)cc1. The fourth-order valence-corrected chi connectivity index (χ4v) is 2.79. The number of amides is 1. The van der Waals surface area contributed by atoms with Crippen LogP contribution < -0.4 is 15.4 Å². The number of para-hydroxylation sites is 1. The summed E-state index contributed by atoms with van der Waals surface area (Å²) in [5.41, 5.74) is 0.372. The largest absolute Gasteiger partial charge is 0.490 e. The van der Waals surface area contributed by atoms with Crippen LogP contribution in [0.15, 0.2) is 48.5 Å². The third kappa shape index (κ3) is 8.59. The average Bonchev–Trinajstić information content (AvgIpc) is 2.72. The van der Waals surface area contributed by atoms with Gasteiger partial charge in [0.2, 0.25) is 0 Å². The van der Waals surface area contributed by atoms with Crippen molar-refractivity contribution in [2.45, 2.75) is 39.1 Å². The molecule has 1 unspecified atom stereocenters. The highest BCUT2D eigenvalue weighted by atomic mass is 19.4. The first kappa shape index (κ1) is 24.7. The Balaban J connectivity index is 1.78. The molecule has 5 nitrogen and oxygen atoms in total. The highest BCUT2D eigenvalue weighted by molar-refractivity contribution is 5.96. The fourth-order valence-electron chi connectivity index (χ4n) is 2.79. The summed E-state index contributed by atoms with van der Waals surface area (Å²) in [5, 5.41) is 16.0. The molecule has 3 N–H and O–H groups in total. The van der Waals surface area contributed by atoms with Crippen LogP contribution >= 0.6 is 0 Å². The summed E-state index contributed by atoms with van der Waals surface area (Å²) < 4.78 is 43.4. The zero-order valence-corrected chi connectivity index (χ0v) is 17.7. The third-order valence-electron chi connectivity index (χ3n) is 4.56. The van der Waals surface area contributed by atoms with Gasteiger partial charge in [-0.05, 0) is 42.2 Å². The molecule has 0 aliphatic heterocycles. The number of hydrogen-bond donors (Lipinski definition) is 3. The molecule has 0 aliphatic rings. The number of halogens is 3. The van der Waals surface area contributed by atoms with Crippen molar-refractivity contribution in [1.82, 2.24) is 10.6 Å². The van der Waals surface area contributed by atoms with E-state index in [1.54, 1.807) is 24.3 Å². The van der Waals surface area contributed by atoms with Gasteiger partial charge in [-0.15, -0.1) is 0 Å². The predicted molar refractivity (Wildman–Crippen MR) is 113 cm³/mol. The van der Waals surface area contributed by atoms with Crippen LogP contribution in [0.4, 0.5) is 13.2 Å². The Morgan fingerprint density at radius 3 is 2.42 bits per heavy atom. The van der Waals surface area contributed by atoms with Crippen molar-refractivity contribution in [2.24, 2.45) is 5.92 Å². The number of benzene rings is 2. The molecule has 0 bridgehead atoms. The van der Waals surface area contributed by atoms with Gasteiger partial charge in [0.1, 0.15) is 18.5 Å². The molecule has 0 heterocycles. The van der Waals surface area contributed by atoms with Crippen molar-refractivity contribution in [3.05, 3.63) is 65.2 Å². The number of carbonyl (C=O) groups excluding carboxylic acids is 1. The molecule has 0 spiro atoms. The van der Waals surface area contributed by atoms with Gasteiger partial charge in [0.05, 0.1) is 11.1 Å². The monoisotopic (exact) mass is 438 g/mol. The van der Waals surface area contributed by atoms with Crippen LogP contribution in [0, 0.1) is 5.92 Å². The lowest BCUT2D eigenvalue weighted by molar-refractivity contribution is -0.137. The number of carbonyl (C=O) groups is 1. The molecule has 2 rings (SSSR count). The highest BCUT2D eigenvalue weighted by Crippen LogP contribution is 2.29. The van der Waals surface area contributed by atoms with E-state index in [1.807, 2.05) is 0 Å². The lowest BCUT2D eigenvalue weighted by Gasteiger charge is -2.16. The van der Waals surface area contributed by atoms with Gasteiger partial charge in [-0.25, -0.2) is 0 Å². The van der Waals surface area contributed by atoms with Crippen molar-refractivity contribution >= 4 is 5.91 Å². The van der Waals surface area contributed by atoms with Gasteiger partial charge in [-0.1, -0.05) is 38.1 Å². The van der Waals surface area contributed by atoms with Gasteiger partial charge in [0, 0.05) is 19.6 Å². The van der Waals surface area contributed by atoms with E-state index in [9.17, 15) is 23.1 Å². The number of aliphatic hydroxyl groups excluding tert-OH is 1. The van der Waals surface area contributed by atoms with Crippen molar-refractivity contribution in [3.63, 3.8) is 0 Å². The Hall–Kier alpha value is -2.58. The van der Waals surface area contributed by atoms with E-state index in [0.717, 1.165) is 18.6 Å². The van der Waals surface area contributed by atoms with Crippen LogP contribution in [0.3, 0.4) is 0 Å². The van der Waals surface area contributed by atoms with Gasteiger partial charge >= 0.3 is 6.18 Å². The van der Waals surface area contributed by atoms with Crippen LogP contribution in [0.1, 0.15) is 41.8 Å².